The fraction of sp³-hybridized carbons (Fsp3) is 0.467. The molecule has 0 atom stereocenters. The molecule has 0 aliphatic carbocycles. The van der Waals surface area contributed by atoms with Crippen molar-refractivity contribution in [3.8, 4) is 0 Å². The molecule has 116 valence electrons. The van der Waals surface area contributed by atoms with Gasteiger partial charge in [0.25, 0.3) is 0 Å². The number of nitrogens with one attached hydrogen (secondary N) is 2. The number of hydrogen-bond donors (Lipinski definition) is 2. The van der Waals surface area contributed by atoms with Gasteiger partial charge in [-0.1, -0.05) is 12.1 Å². The predicted octanol–water partition coefficient (Wildman–Crippen LogP) is 1.49. The van der Waals surface area contributed by atoms with E-state index in [4.69, 9.17) is 0 Å². The number of ether oxygens (including phenoxy) is 1. The van der Waals surface area contributed by atoms with E-state index >= 15 is 0 Å². The fourth-order valence-corrected chi connectivity index (χ4v) is 1.72. The van der Waals surface area contributed by atoms with E-state index in [9.17, 15) is 9.18 Å². The van der Waals surface area contributed by atoms with Crippen molar-refractivity contribution in [2.45, 2.75) is 19.8 Å². The van der Waals surface area contributed by atoms with Crippen molar-refractivity contribution in [1.29, 1.82) is 0 Å². The highest BCUT2D eigenvalue weighted by Gasteiger charge is 2.01. The van der Waals surface area contributed by atoms with Gasteiger partial charge in [0.2, 0.25) is 0 Å². The zero-order chi connectivity index (χ0) is 15.5. The Morgan fingerprint density at radius 2 is 2.19 bits per heavy atom. The topological polar surface area (TPSA) is 62.7 Å². The molecule has 1 aromatic rings. The zero-order valence-electron chi connectivity index (χ0n) is 12.5. The average Bonchev–Trinajstić information content (AvgIpc) is 2.47. The highest BCUT2D eigenvalue weighted by Crippen LogP contribution is 2.03. The van der Waals surface area contributed by atoms with Gasteiger partial charge in [-0.05, 0) is 31.0 Å². The number of nitrogens with zero attached hydrogens (tertiary/aromatic N) is 1. The van der Waals surface area contributed by atoms with Gasteiger partial charge in [-0.15, -0.1) is 0 Å². The lowest BCUT2D eigenvalue weighted by molar-refractivity contribution is -0.140. The Morgan fingerprint density at radius 1 is 1.38 bits per heavy atom. The van der Waals surface area contributed by atoms with E-state index in [1.807, 2.05) is 13.0 Å². The summed E-state index contributed by atoms with van der Waals surface area (Å²) in [5.41, 5.74) is 0.924. The number of rotatable bonds is 7. The summed E-state index contributed by atoms with van der Waals surface area (Å²) in [6, 6.07) is 6.52. The zero-order valence-corrected chi connectivity index (χ0v) is 12.5. The van der Waals surface area contributed by atoms with Crippen molar-refractivity contribution in [3.63, 3.8) is 0 Å². The maximum absolute atomic E-state index is 13.0. The summed E-state index contributed by atoms with van der Waals surface area (Å²) < 4.78 is 17.6. The van der Waals surface area contributed by atoms with Gasteiger partial charge in [0.05, 0.1) is 20.1 Å². The lowest BCUT2D eigenvalue weighted by Crippen LogP contribution is -2.38. The summed E-state index contributed by atoms with van der Waals surface area (Å²) in [7, 11) is 1.36. The van der Waals surface area contributed by atoms with Gasteiger partial charge in [0, 0.05) is 13.1 Å². The van der Waals surface area contributed by atoms with E-state index in [1.54, 1.807) is 6.07 Å². The third-order valence-corrected chi connectivity index (χ3v) is 2.75. The van der Waals surface area contributed by atoms with Crippen LogP contribution in [-0.2, 0) is 16.0 Å². The number of halogens is 1. The quantitative estimate of drug-likeness (QED) is 0.454. The number of methoxy groups -OCH3 is 1. The van der Waals surface area contributed by atoms with Crippen molar-refractivity contribution in [3.05, 3.63) is 35.6 Å². The van der Waals surface area contributed by atoms with Crippen LogP contribution in [0.25, 0.3) is 0 Å². The van der Waals surface area contributed by atoms with Crippen LogP contribution in [0.15, 0.2) is 29.3 Å². The smallest absolute Gasteiger partial charge is 0.307 e. The molecule has 0 radical (unpaired) electrons. The summed E-state index contributed by atoms with van der Waals surface area (Å²) in [4.78, 5) is 15.3. The Hall–Kier alpha value is -2.11. The van der Waals surface area contributed by atoms with Crippen LogP contribution in [0.2, 0.25) is 0 Å². The molecule has 0 saturated heterocycles. The highest BCUT2D eigenvalue weighted by molar-refractivity contribution is 5.80. The number of esters is 1. The lowest BCUT2D eigenvalue weighted by atomic mass is 10.1. The lowest BCUT2D eigenvalue weighted by Gasteiger charge is -2.11. The highest BCUT2D eigenvalue weighted by atomic mass is 19.1. The maximum Gasteiger partial charge on any atom is 0.307 e. The Kier molecular flexibility index (Phi) is 7.86. The van der Waals surface area contributed by atoms with Crippen molar-refractivity contribution >= 4 is 11.9 Å². The summed E-state index contributed by atoms with van der Waals surface area (Å²) in [6.45, 7) is 3.68. The molecule has 1 rings (SSSR count). The Balaban J connectivity index is 2.39. The summed E-state index contributed by atoms with van der Waals surface area (Å²) in [5.74, 6) is 0.123. The largest absolute Gasteiger partial charge is 0.469 e. The van der Waals surface area contributed by atoms with Crippen molar-refractivity contribution in [2.24, 2.45) is 4.99 Å². The molecule has 21 heavy (non-hydrogen) atoms. The predicted molar refractivity (Wildman–Crippen MR) is 80.7 cm³/mol. The van der Waals surface area contributed by atoms with Crippen LogP contribution in [0.5, 0.6) is 0 Å². The van der Waals surface area contributed by atoms with Crippen molar-refractivity contribution < 1.29 is 13.9 Å². The van der Waals surface area contributed by atoms with Gasteiger partial charge < -0.3 is 15.4 Å². The first-order chi connectivity index (χ1) is 10.2. The SMILES string of the molecule is CCNC(=NCCC(=O)OC)NCCc1cccc(F)c1. The van der Waals surface area contributed by atoms with Gasteiger partial charge in [-0.25, -0.2) is 4.39 Å². The second kappa shape index (κ2) is 9.74. The molecule has 0 bridgehead atoms. The molecule has 0 aliphatic rings. The molecule has 2 N–H and O–H groups in total. The number of carbonyl (C=O) groups excluding carboxylic acids is 1. The van der Waals surface area contributed by atoms with Crippen LogP contribution in [0.1, 0.15) is 18.9 Å². The second-order valence-corrected chi connectivity index (χ2v) is 4.39. The molecular formula is C15H22FN3O2. The normalized spacial score (nSPS) is 11.1. The van der Waals surface area contributed by atoms with E-state index in [0.29, 0.717) is 25.5 Å². The third-order valence-electron chi connectivity index (χ3n) is 2.75. The molecule has 0 saturated carbocycles. The molecule has 0 aliphatic heterocycles. The number of aliphatic imine (C=N–C) groups is 1. The number of hydrogen-bond acceptors (Lipinski definition) is 3. The van der Waals surface area contributed by atoms with Crippen LogP contribution in [0, 0.1) is 5.82 Å². The van der Waals surface area contributed by atoms with E-state index in [1.165, 1.54) is 19.2 Å². The van der Waals surface area contributed by atoms with Crippen molar-refractivity contribution in [2.75, 3.05) is 26.7 Å². The standard InChI is InChI=1S/C15H22FN3O2/c1-3-17-15(19-10-8-14(20)21-2)18-9-7-12-5-4-6-13(16)11-12/h4-6,11H,3,7-10H2,1-2H3,(H2,17,18,19). The molecule has 0 unspecified atom stereocenters. The first-order valence-corrected chi connectivity index (χ1v) is 6.99. The summed E-state index contributed by atoms with van der Waals surface area (Å²) in [5, 5.41) is 6.23. The molecule has 0 amide bonds. The van der Waals surface area contributed by atoms with E-state index < -0.39 is 0 Å². The first kappa shape index (κ1) is 16.9. The van der Waals surface area contributed by atoms with Crippen LogP contribution in [0.3, 0.4) is 0 Å². The van der Waals surface area contributed by atoms with Crippen LogP contribution >= 0.6 is 0 Å². The molecule has 1 aromatic carbocycles. The molecule has 6 heteroatoms. The number of carbonyl (C=O) groups is 1. The van der Waals surface area contributed by atoms with E-state index in [2.05, 4.69) is 20.4 Å². The minimum atomic E-state index is -0.283. The van der Waals surface area contributed by atoms with E-state index in [0.717, 1.165) is 12.1 Å². The molecule has 5 nitrogen and oxygen atoms in total. The van der Waals surface area contributed by atoms with Gasteiger partial charge in [-0.3, -0.25) is 9.79 Å². The van der Waals surface area contributed by atoms with Crippen LogP contribution in [-0.4, -0.2) is 38.7 Å². The molecular weight excluding hydrogens is 273 g/mol. The second-order valence-electron chi connectivity index (χ2n) is 4.39. The first-order valence-electron chi connectivity index (χ1n) is 6.99. The Morgan fingerprint density at radius 3 is 2.86 bits per heavy atom. The Labute approximate surface area is 124 Å². The molecule has 0 aromatic heterocycles. The van der Waals surface area contributed by atoms with Gasteiger partial charge in [0.1, 0.15) is 5.82 Å². The van der Waals surface area contributed by atoms with Gasteiger partial charge >= 0.3 is 5.97 Å². The Bertz CT molecular complexity index is 478. The number of benzene rings is 1. The van der Waals surface area contributed by atoms with Gasteiger partial charge in [0.15, 0.2) is 5.96 Å². The monoisotopic (exact) mass is 295 g/mol. The molecule has 0 fully saturated rings. The summed E-state index contributed by atoms with van der Waals surface area (Å²) >= 11 is 0. The molecule has 0 heterocycles. The van der Waals surface area contributed by atoms with Crippen LogP contribution < -0.4 is 10.6 Å². The fourth-order valence-electron chi connectivity index (χ4n) is 1.72. The van der Waals surface area contributed by atoms with Crippen molar-refractivity contribution in [1.82, 2.24) is 10.6 Å². The minimum absolute atomic E-state index is 0.230. The number of guanidine groups is 1. The third kappa shape index (κ3) is 7.29. The summed E-state index contributed by atoms with van der Waals surface area (Å²) in [6.07, 6.45) is 0.941. The average molecular weight is 295 g/mol. The minimum Gasteiger partial charge on any atom is -0.469 e. The molecule has 0 spiro atoms. The maximum atomic E-state index is 13.0. The van der Waals surface area contributed by atoms with Crippen LogP contribution in [0.4, 0.5) is 4.39 Å². The van der Waals surface area contributed by atoms with Gasteiger partial charge in [-0.2, -0.15) is 0 Å². The van der Waals surface area contributed by atoms with E-state index in [-0.39, 0.29) is 18.2 Å².